The molecule has 0 saturated heterocycles. The quantitative estimate of drug-likeness (QED) is 0.902. The minimum Gasteiger partial charge on any atom is -0.478 e. The van der Waals surface area contributed by atoms with Gasteiger partial charge < -0.3 is 5.11 Å². The lowest BCUT2D eigenvalue weighted by Crippen LogP contribution is -2.09. The second-order valence-corrected chi connectivity index (χ2v) is 6.93. The lowest BCUT2D eigenvalue weighted by molar-refractivity contribution is 0.0697. The second kappa shape index (κ2) is 5.63. The van der Waals surface area contributed by atoms with Crippen LogP contribution in [0.25, 0.3) is 0 Å². The lowest BCUT2D eigenvalue weighted by atomic mass is 10.2. The molecule has 0 radical (unpaired) electrons. The molecule has 0 aliphatic rings. The molecule has 21 heavy (non-hydrogen) atoms. The van der Waals surface area contributed by atoms with E-state index in [4.69, 9.17) is 28.3 Å². The number of aryl methyl sites for hydroxylation is 1. The molecule has 0 amide bonds. The fourth-order valence-corrected chi connectivity index (χ4v) is 3.92. The first kappa shape index (κ1) is 15.7. The zero-order chi connectivity index (χ0) is 15.8. The van der Waals surface area contributed by atoms with Crippen molar-refractivity contribution in [1.82, 2.24) is 15.0 Å². The van der Waals surface area contributed by atoms with Gasteiger partial charge in [-0.05, 0) is 12.1 Å². The van der Waals surface area contributed by atoms with Crippen LogP contribution in [0.2, 0.25) is 10.0 Å². The molecule has 0 spiro atoms. The number of sulfone groups is 1. The smallest absolute Gasteiger partial charge is 0.338 e. The predicted molar refractivity (Wildman–Crippen MR) is 75.3 cm³/mol. The van der Waals surface area contributed by atoms with Crippen LogP contribution in [0.5, 0.6) is 0 Å². The van der Waals surface area contributed by atoms with E-state index in [-0.39, 0.29) is 15.6 Å². The van der Waals surface area contributed by atoms with Crippen LogP contribution in [-0.2, 0) is 22.6 Å². The van der Waals surface area contributed by atoms with E-state index in [0.29, 0.717) is 0 Å². The average molecular weight is 350 g/mol. The minimum atomic E-state index is -3.87. The molecule has 1 N–H and O–H groups in total. The Morgan fingerprint density at radius 1 is 1.38 bits per heavy atom. The maximum atomic E-state index is 12.3. The number of aromatic carboxylic acids is 1. The maximum absolute atomic E-state index is 12.3. The van der Waals surface area contributed by atoms with E-state index in [1.54, 1.807) is 7.05 Å². The fraction of sp³-hybridized carbons (Fsp3) is 0.182. The van der Waals surface area contributed by atoms with Crippen LogP contribution in [-0.4, -0.2) is 34.5 Å². The van der Waals surface area contributed by atoms with Gasteiger partial charge in [-0.25, -0.2) is 13.2 Å². The Labute approximate surface area is 130 Å². The number of hydrogen-bond donors (Lipinski definition) is 1. The zero-order valence-electron chi connectivity index (χ0n) is 10.6. The van der Waals surface area contributed by atoms with Crippen molar-refractivity contribution < 1.29 is 18.3 Å². The van der Waals surface area contributed by atoms with Crippen LogP contribution in [0.3, 0.4) is 0 Å². The number of benzene rings is 1. The number of carboxylic acids is 1. The van der Waals surface area contributed by atoms with Crippen molar-refractivity contribution in [2.24, 2.45) is 7.05 Å². The van der Waals surface area contributed by atoms with Crippen molar-refractivity contribution in [3.05, 3.63) is 39.6 Å². The molecule has 1 heterocycles. The summed E-state index contributed by atoms with van der Waals surface area (Å²) in [6, 6.07) is 2.35. The molecule has 2 aromatic rings. The standard InChI is InChI=1S/C11H9Cl2N3O4S/c1-16-4-6(14-15-16)5-21(19,20)8-3-2-7(12)9(10(8)13)11(17)18/h2-4H,5H2,1H3,(H,17,18). The average Bonchev–Trinajstić information content (AvgIpc) is 2.72. The first-order chi connectivity index (χ1) is 9.72. The molecule has 1 aromatic heterocycles. The fourth-order valence-electron chi connectivity index (χ4n) is 1.70. The molecule has 112 valence electrons. The summed E-state index contributed by atoms with van der Waals surface area (Å²) in [5.41, 5.74) is -0.223. The third-order valence-electron chi connectivity index (χ3n) is 2.59. The van der Waals surface area contributed by atoms with Crippen molar-refractivity contribution in [1.29, 1.82) is 0 Å². The van der Waals surface area contributed by atoms with Gasteiger partial charge in [-0.2, -0.15) is 0 Å². The molecule has 0 atom stereocenters. The molecular formula is C11H9Cl2N3O4S. The number of carbonyl (C=O) groups is 1. The number of nitrogens with zero attached hydrogens (tertiary/aromatic N) is 3. The van der Waals surface area contributed by atoms with Gasteiger partial charge >= 0.3 is 5.97 Å². The summed E-state index contributed by atoms with van der Waals surface area (Å²) in [5.74, 6) is -1.84. The predicted octanol–water partition coefficient (Wildman–Crippen LogP) is 1.79. The van der Waals surface area contributed by atoms with Crippen LogP contribution in [0, 0.1) is 0 Å². The van der Waals surface area contributed by atoms with Crippen LogP contribution in [0.4, 0.5) is 0 Å². The molecule has 7 nitrogen and oxygen atoms in total. The molecule has 0 bridgehead atoms. The molecule has 2 rings (SSSR count). The molecule has 0 aliphatic carbocycles. The Morgan fingerprint density at radius 2 is 2.05 bits per heavy atom. The largest absolute Gasteiger partial charge is 0.478 e. The zero-order valence-corrected chi connectivity index (χ0v) is 12.9. The van der Waals surface area contributed by atoms with Gasteiger partial charge in [0, 0.05) is 13.2 Å². The van der Waals surface area contributed by atoms with Crippen LogP contribution >= 0.6 is 23.2 Å². The van der Waals surface area contributed by atoms with Crippen molar-refractivity contribution in [3.8, 4) is 0 Å². The van der Waals surface area contributed by atoms with Crippen LogP contribution in [0.15, 0.2) is 23.2 Å². The van der Waals surface area contributed by atoms with Crippen molar-refractivity contribution in [2.75, 3.05) is 0 Å². The number of carboxylic acid groups (broad SMARTS) is 1. The van der Waals surface area contributed by atoms with Gasteiger partial charge in [0.05, 0.1) is 26.2 Å². The first-order valence-electron chi connectivity index (χ1n) is 5.51. The Bertz CT molecular complexity index is 817. The first-order valence-corrected chi connectivity index (χ1v) is 7.92. The Hall–Kier alpha value is -1.64. The van der Waals surface area contributed by atoms with Crippen molar-refractivity contribution >= 4 is 39.0 Å². The molecule has 0 unspecified atom stereocenters. The highest BCUT2D eigenvalue weighted by atomic mass is 35.5. The molecule has 0 fully saturated rings. The highest BCUT2D eigenvalue weighted by Crippen LogP contribution is 2.32. The number of hydrogen-bond acceptors (Lipinski definition) is 5. The number of rotatable bonds is 4. The summed E-state index contributed by atoms with van der Waals surface area (Å²) in [4.78, 5) is 10.8. The van der Waals surface area contributed by atoms with Crippen LogP contribution in [0.1, 0.15) is 16.1 Å². The van der Waals surface area contributed by atoms with Crippen molar-refractivity contribution in [3.63, 3.8) is 0 Å². The van der Waals surface area contributed by atoms with Crippen LogP contribution < -0.4 is 0 Å². The lowest BCUT2D eigenvalue weighted by Gasteiger charge is -2.08. The second-order valence-electron chi connectivity index (χ2n) is 4.18. The van der Waals surface area contributed by atoms with Crippen molar-refractivity contribution in [2.45, 2.75) is 10.6 Å². The molecular weight excluding hydrogens is 341 g/mol. The highest BCUT2D eigenvalue weighted by molar-refractivity contribution is 7.90. The highest BCUT2D eigenvalue weighted by Gasteiger charge is 2.25. The normalized spacial score (nSPS) is 11.6. The van der Waals surface area contributed by atoms with Gasteiger partial charge in [0.1, 0.15) is 5.75 Å². The maximum Gasteiger partial charge on any atom is 0.338 e. The van der Waals surface area contributed by atoms with Gasteiger partial charge in [0.2, 0.25) is 0 Å². The van der Waals surface area contributed by atoms with E-state index >= 15 is 0 Å². The molecule has 0 saturated carbocycles. The SMILES string of the molecule is Cn1cc(CS(=O)(=O)c2ccc(Cl)c(C(=O)O)c2Cl)nn1. The Kier molecular flexibility index (Phi) is 4.22. The Morgan fingerprint density at radius 3 is 2.57 bits per heavy atom. The molecule has 1 aromatic carbocycles. The minimum absolute atomic E-state index is 0.133. The van der Waals surface area contributed by atoms with E-state index < -0.39 is 32.1 Å². The molecule has 0 aliphatic heterocycles. The van der Waals surface area contributed by atoms with Gasteiger partial charge in [0.25, 0.3) is 0 Å². The Balaban J connectivity index is 2.50. The van der Waals surface area contributed by atoms with E-state index in [1.165, 1.54) is 23.0 Å². The van der Waals surface area contributed by atoms with Gasteiger partial charge in [-0.1, -0.05) is 28.4 Å². The molecule has 10 heteroatoms. The summed E-state index contributed by atoms with van der Waals surface area (Å²) < 4.78 is 26.0. The van der Waals surface area contributed by atoms with Gasteiger partial charge in [-0.15, -0.1) is 5.10 Å². The van der Waals surface area contributed by atoms with E-state index in [9.17, 15) is 13.2 Å². The monoisotopic (exact) mass is 349 g/mol. The van der Waals surface area contributed by atoms with E-state index in [2.05, 4.69) is 10.3 Å². The topological polar surface area (TPSA) is 102 Å². The summed E-state index contributed by atoms with van der Waals surface area (Å²) in [6.45, 7) is 0. The number of halogens is 2. The van der Waals surface area contributed by atoms with Gasteiger partial charge in [0.15, 0.2) is 9.84 Å². The van der Waals surface area contributed by atoms with E-state index in [0.717, 1.165) is 0 Å². The third-order valence-corrected chi connectivity index (χ3v) is 5.10. The summed E-state index contributed by atoms with van der Waals surface area (Å²) in [7, 11) is -2.28. The third kappa shape index (κ3) is 3.17. The van der Waals surface area contributed by atoms with E-state index in [1.807, 2.05) is 0 Å². The summed E-state index contributed by atoms with van der Waals surface area (Å²) in [5, 5.41) is 15.8. The summed E-state index contributed by atoms with van der Waals surface area (Å²) >= 11 is 11.6. The number of aromatic nitrogens is 3. The van der Waals surface area contributed by atoms with Gasteiger partial charge in [-0.3, -0.25) is 4.68 Å². The summed E-state index contributed by atoms with van der Waals surface area (Å²) in [6.07, 6.45) is 1.44.